The Morgan fingerprint density at radius 2 is 2.12 bits per heavy atom. The molecule has 0 unspecified atom stereocenters. The number of rotatable bonds is 1. The number of nitrogens with zero attached hydrogens (tertiary/aromatic N) is 1. The Balaban J connectivity index is 2.24. The van der Waals surface area contributed by atoms with Crippen molar-refractivity contribution in [3.05, 3.63) is 23.8 Å². The van der Waals surface area contributed by atoms with Gasteiger partial charge < -0.3 is 20.4 Å². The van der Waals surface area contributed by atoms with Crippen LogP contribution in [0.1, 0.15) is 10.4 Å². The summed E-state index contributed by atoms with van der Waals surface area (Å²) < 4.78 is 0. The summed E-state index contributed by atoms with van der Waals surface area (Å²) in [6, 6.07) is 3.71. The number of hydrogen-bond donors (Lipinski definition) is 3. The van der Waals surface area contributed by atoms with Crippen LogP contribution < -0.4 is 5.32 Å². The second-order valence-electron chi connectivity index (χ2n) is 3.78. The molecule has 2 rings (SSSR count). The normalized spacial score (nSPS) is 15.5. The predicted molar refractivity (Wildman–Crippen MR) is 58.7 cm³/mol. The third-order valence-electron chi connectivity index (χ3n) is 2.54. The largest absolute Gasteiger partial charge is 0.508 e. The van der Waals surface area contributed by atoms with Gasteiger partial charge in [-0.3, -0.25) is 9.59 Å². The van der Waals surface area contributed by atoms with Crippen LogP contribution in [0.4, 0.5) is 0 Å². The van der Waals surface area contributed by atoms with Crippen molar-refractivity contribution in [3.63, 3.8) is 0 Å². The van der Waals surface area contributed by atoms with Gasteiger partial charge in [-0.2, -0.15) is 0 Å². The van der Waals surface area contributed by atoms with Gasteiger partial charge >= 0.3 is 0 Å². The molecular weight excluding hydrogens is 224 g/mol. The maximum absolute atomic E-state index is 12.0. The van der Waals surface area contributed by atoms with E-state index in [4.69, 9.17) is 0 Å². The fourth-order valence-corrected chi connectivity index (χ4v) is 1.68. The van der Waals surface area contributed by atoms with Gasteiger partial charge in [0, 0.05) is 13.1 Å². The highest BCUT2D eigenvalue weighted by Crippen LogP contribution is 2.23. The molecule has 1 aliphatic rings. The highest BCUT2D eigenvalue weighted by atomic mass is 16.3. The minimum atomic E-state index is -0.465. The lowest BCUT2D eigenvalue weighted by atomic mass is 10.1. The number of phenolic OH excluding ortho intramolecular Hbond substituents is 2. The van der Waals surface area contributed by atoms with Crippen LogP contribution in [-0.4, -0.2) is 46.6 Å². The molecule has 0 spiro atoms. The molecule has 1 aliphatic heterocycles. The van der Waals surface area contributed by atoms with Gasteiger partial charge in [0.1, 0.15) is 11.5 Å². The summed E-state index contributed by atoms with van der Waals surface area (Å²) in [4.78, 5) is 24.5. The Hall–Kier alpha value is -2.24. The number of piperazine rings is 1. The Morgan fingerprint density at radius 3 is 2.82 bits per heavy atom. The van der Waals surface area contributed by atoms with Crippen molar-refractivity contribution in [2.75, 3.05) is 19.6 Å². The van der Waals surface area contributed by atoms with Crippen molar-refractivity contribution in [3.8, 4) is 11.5 Å². The van der Waals surface area contributed by atoms with Crippen molar-refractivity contribution in [2.45, 2.75) is 0 Å². The molecule has 0 aliphatic carbocycles. The molecule has 3 N–H and O–H groups in total. The van der Waals surface area contributed by atoms with Crippen LogP contribution in [-0.2, 0) is 4.79 Å². The van der Waals surface area contributed by atoms with E-state index in [1.54, 1.807) is 0 Å². The molecule has 0 radical (unpaired) electrons. The molecule has 2 amide bonds. The van der Waals surface area contributed by atoms with E-state index in [2.05, 4.69) is 5.32 Å². The molecule has 17 heavy (non-hydrogen) atoms. The van der Waals surface area contributed by atoms with Gasteiger partial charge in [0.2, 0.25) is 5.91 Å². The van der Waals surface area contributed by atoms with Crippen LogP contribution in [0.3, 0.4) is 0 Å². The number of carbonyl (C=O) groups excluding carboxylic acids is 2. The summed E-state index contributed by atoms with van der Waals surface area (Å²) in [6.45, 7) is 0.748. The Labute approximate surface area is 97.5 Å². The monoisotopic (exact) mass is 236 g/mol. The fraction of sp³-hybridized carbons (Fsp3) is 0.273. The van der Waals surface area contributed by atoms with E-state index < -0.39 is 5.91 Å². The molecule has 0 aromatic heterocycles. The number of aromatic hydroxyl groups is 2. The molecule has 1 fully saturated rings. The Bertz CT molecular complexity index is 473. The number of nitrogens with one attached hydrogen (secondary N) is 1. The number of benzene rings is 1. The van der Waals surface area contributed by atoms with E-state index in [1.165, 1.54) is 23.1 Å². The van der Waals surface area contributed by atoms with Crippen molar-refractivity contribution >= 4 is 11.8 Å². The highest BCUT2D eigenvalue weighted by Gasteiger charge is 2.24. The molecule has 1 heterocycles. The lowest BCUT2D eigenvalue weighted by Gasteiger charge is -2.26. The lowest BCUT2D eigenvalue weighted by Crippen LogP contribution is -2.49. The van der Waals surface area contributed by atoms with Gasteiger partial charge in [-0.05, 0) is 18.2 Å². The molecule has 6 nitrogen and oxygen atoms in total. The number of amides is 2. The predicted octanol–water partition coefficient (Wildman–Crippen LogP) is -0.330. The van der Waals surface area contributed by atoms with E-state index >= 15 is 0 Å². The zero-order chi connectivity index (χ0) is 12.4. The summed E-state index contributed by atoms with van der Waals surface area (Å²) in [6.07, 6.45) is 0. The van der Waals surface area contributed by atoms with E-state index in [0.717, 1.165) is 0 Å². The third kappa shape index (κ3) is 2.30. The summed E-state index contributed by atoms with van der Waals surface area (Å²) >= 11 is 0. The fourth-order valence-electron chi connectivity index (χ4n) is 1.68. The molecule has 6 heteroatoms. The van der Waals surface area contributed by atoms with Gasteiger partial charge in [0.25, 0.3) is 5.91 Å². The maximum atomic E-state index is 12.0. The first-order valence-electron chi connectivity index (χ1n) is 5.16. The topological polar surface area (TPSA) is 89.9 Å². The van der Waals surface area contributed by atoms with Gasteiger partial charge in [0.15, 0.2) is 0 Å². The summed E-state index contributed by atoms with van der Waals surface area (Å²) in [5.74, 6) is -1.01. The van der Waals surface area contributed by atoms with Crippen LogP contribution in [0.2, 0.25) is 0 Å². The molecule has 90 valence electrons. The first kappa shape index (κ1) is 11.3. The second kappa shape index (κ2) is 4.32. The second-order valence-corrected chi connectivity index (χ2v) is 3.78. The quantitative estimate of drug-likeness (QED) is 0.582. The van der Waals surface area contributed by atoms with Crippen LogP contribution in [0.15, 0.2) is 18.2 Å². The first-order valence-corrected chi connectivity index (χ1v) is 5.16. The van der Waals surface area contributed by atoms with E-state index in [-0.39, 0.29) is 29.5 Å². The number of hydrogen-bond acceptors (Lipinski definition) is 4. The molecule has 1 aromatic carbocycles. The van der Waals surface area contributed by atoms with Crippen LogP contribution in [0.5, 0.6) is 11.5 Å². The molecule has 1 saturated heterocycles. The zero-order valence-electron chi connectivity index (χ0n) is 9.01. The van der Waals surface area contributed by atoms with E-state index in [0.29, 0.717) is 13.1 Å². The summed E-state index contributed by atoms with van der Waals surface area (Å²) in [7, 11) is 0. The van der Waals surface area contributed by atoms with Crippen LogP contribution in [0.25, 0.3) is 0 Å². The van der Waals surface area contributed by atoms with E-state index in [1.807, 2.05) is 0 Å². The van der Waals surface area contributed by atoms with Crippen molar-refractivity contribution < 1.29 is 19.8 Å². The van der Waals surface area contributed by atoms with Crippen molar-refractivity contribution in [2.24, 2.45) is 0 Å². The zero-order valence-corrected chi connectivity index (χ0v) is 9.01. The average molecular weight is 236 g/mol. The first-order chi connectivity index (χ1) is 8.08. The number of carbonyl (C=O) groups is 2. The van der Waals surface area contributed by atoms with Crippen LogP contribution in [0, 0.1) is 0 Å². The van der Waals surface area contributed by atoms with Gasteiger partial charge in [-0.15, -0.1) is 0 Å². The molecular formula is C11H12N2O4. The Kier molecular flexibility index (Phi) is 2.86. The minimum absolute atomic E-state index is 0.000278. The molecule has 0 saturated carbocycles. The average Bonchev–Trinajstić information content (AvgIpc) is 2.31. The smallest absolute Gasteiger partial charge is 0.258 e. The van der Waals surface area contributed by atoms with E-state index in [9.17, 15) is 19.8 Å². The van der Waals surface area contributed by atoms with Crippen LogP contribution >= 0.6 is 0 Å². The standard InChI is InChI=1S/C11H12N2O4/c14-7-1-2-9(15)8(5-7)11(17)13-4-3-12-10(16)6-13/h1-2,5,14-15H,3-4,6H2,(H,12,16). The Morgan fingerprint density at radius 1 is 1.35 bits per heavy atom. The van der Waals surface area contributed by atoms with Crippen molar-refractivity contribution in [1.29, 1.82) is 0 Å². The molecule has 1 aromatic rings. The maximum Gasteiger partial charge on any atom is 0.258 e. The SMILES string of the molecule is O=C1CN(C(=O)c2cc(O)ccc2O)CCN1. The minimum Gasteiger partial charge on any atom is -0.508 e. The van der Waals surface area contributed by atoms with Crippen molar-refractivity contribution in [1.82, 2.24) is 10.2 Å². The van der Waals surface area contributed by atoms with Gasteiger partial charge in [-0.1, -0.05) is 0 Å². The number of phenols is 2. The lowest BCUT2D eigenvalue weighted by molar-refractivity contribution is -0.123. The highest BCUT2D eigenvalue weighted by molar-refractivity contribution is 5.99. The third-order valence-corrected chi connectivity index (χ3v) is 2.54. The summed E-state index contributed by atoms with van der Waals surface area (Å²) in [5, 5.41) is 21.4. The summed E-state index contributed by atoms with van der Waals surface area (Å²) in [5.41, 5.74) is -0.000278. The molecule has 0 bridgehead atoms. The van der Waals surface area contributed by atoms with Gasteiger partial charge in [-0.25, -0.2) is 0 Å². The molecule has 0 atom stereocenters. The van der Waals surface area contributed by atoms with Gasteiger partial charge in [0.05, 0.1) is 12.1 Å².